The summed E-state index contributed by atoms with van der Waals surface area (Å²) in [7, 11) is 1.43. The summed E-state index contributed by atoms with van der Waals surface area (Å²) in [6.45, 7) is 6.84. The zero-order valence-electron chi connectivity index (χ0n) is 23.1. The number of ether oxygens (including phenoxy) is 1. The second kappa shape index (κ2) is 10.8. The minimum atomic E-state index is -0.876. The number of fused-ring (bicyclic) bond motifs is 2. The van der Waals surface area contributed by atoms with E-state index in [4.69, 9.17) is 33.7 Å². The first-order chi connectivity index (χ1) is 19.4. The molecule has 0 unspecified atom stereocenters. The van der Waals surface area contributed by atoms with Crippen molar-refractivity contribution in [3.8, 4) is 5.75 Å². The van der Waals surface area contributed by atoms with E-state index in [1.54, 1.807) is 12.1 Å². The van der Waals surface area contributed by atoms with Crippen LogP contribution in [0.2, 0.25) is 10.2 Å². The summed E-state index contributed by atoms with van der Waals surface area (Å²) in [6.07, 6.45) is 2.14. The highest BCUT2D eigenvalue weighted by Crippen LogP contribution is 2.56. The number of methoxy groups -OCH3 is 1. The fourth-order valence-corrected chi connectivity index (χ4v) is 6.68. The van der Waals surface area contributed by atoms with E-state index in [0.29, 0.717) is 23.7 Å². The van der Waals surface area contributed by atoms with Crippen LogP contribution >= 0.6 is 23.2 Å². The van der Waals surface area contributed by atoms with E-state index in [0.717, 1.165) is 11.3 Å². The molecule has 0 radical (unpaired) electrons. The fraction of sp³-hybridized carbons (Fsp3) is 0.367. The van der Waals surface area contributed by atoms with Gasteiger partial charge in [0, 0.05) is 46.4 Å². The van der Waals surface area contributed by atoms with Crippen LogP contribution < -0.4 is 26.4 Å². The average Bonchev–Trinajstić information content (AvgIpc) is 3.43. The summed E-state index contributed by atoms with van der Waals surface area (Å²) < 4.78 is 21.3. The van der Waals surface area contributed by atoms with Gasteiger partial charge in [-0.05, 0) is 59.4 Å². The summed E-state index contributed by atoms with van der Waals surface area (Å²) in [4.78, 5) is 29.8. The molecule has 3 heterocycles. The SMILES string of the molecule is COc1cc(C(N)=O)ccc1NC(=O)[C@@H]1N[C@@H](CC(C)(C)C)[C@@]2(CNc3cc(Cl)ccc32)[C@H]1c1ccnc(Cl)c1F. The number of aromatic nitrogens is 1. The number of nitrogens with two attached hydrogens (primary N) is 1. The van der Waals surface area contributed by atoms with Gasteiger partial charge in [0.15, 0.2) is 11.0 Å². The molecule has 2 aliphatic heterocycles. The third-order valence-electron chi connectivity index (χ3n) is 8.00. The van der Waals surface area contributed by atoms with Gasteiger partial charge in [0.2, 0.25) is 11.8 Å². The Morgan fingerprint density at radius 1 is 1.20 bits per heavy atom. The van der Waals surface area contributed by atoms with E-state index in [2.05, 4.69) is 41.7 Å². The number of hydrogen-bond acceptors (Lipinski definition) is 6. The Kier molecular flexibility index (Phi) is 7.65. The second-order valence-electron chi connectivity index (χ2n) is 11.8. The average molecular weight is 601 g/mol. The van der Waals surface area contributed by atoms with Crippen molar-refractivity contribution < 1.29 is 18.7 Å². The van der Waals surface area contributed by atoms with Gasteiger partial charge >= 0.3 is 0 Å². The Bertz CT molecular complexity index is 1530. The minimum Gasteiger partial charge on any atom is -0.495 e. The molecule has 1 saturated heterocycles. The largest absolute Gasteiger partial charge is 0.495 e. The van der Waals surface area contributed by atoms with Crippen LogP contribution in [0.15, 0.2) is 48.7 Å². The summed E-state index contributed by atoms with van der Waals surface area (Å²) in [6, 6.07) is 10.6. The number of anilines is 2. The number of benzene rings is 2. The van der Waals surface area contributed by atoms with Gasteiger partial charge in [-0.1, -0.05) is 50.0 Å². The second-order valence-corrected chi connectivity index (χ2v) is 12.6. The Balaban J connectivity index is 1.66. The monoisotopic (exact) mass is 599 g/mol. The van der Waals surface area contributed by atoms with Crippen molar-refractivity contribution >= 4 is 46.4 Å². The van der Waals surface area contributed by atoms with Crippen LogP contribution in [0.25, 0.3) is 0 Å². The number of pyridine rings is 1. The highest BCUT2D eigenvalue weighted by atomic mass is 35.5. The smallest absolute Gasteiger partial charge is 0.248 e. The van der Waals surface area contributed by atoms with Crippen LogP contribution in [-0.2, 0) is 10.2 Å². The van der Waals surface area contributed by atoms with Gasteiger partial charge in [0.1, 0.15) is 5.75 Å². The number of rotatable bonds is 6. The van der Waals surface area contributed by atoms with Crippen molar-refractivity contribution in [2.24, 2.45) is 11.1 Å². The zero-order chi connectivity index (χ0) is 29.7. The van der Waals surface area contributed by atoms with Gasteiger partial charge in [0.05, 0.1) is 18.8 Å². The van der Waals surface area contributed by atoms with Crippen molar-refractivity contribution in [1.82, 2.24) is 10.3 Å². The molecular formula is C30H32Cl2FN5O3. The number of halogens is 3. The van der Waals surface area contributed by atoms with Gasteiger partial charge in [-0.2, -0.15) is 0 Å². The minimum absolute atomic E-state index is 0.127. The van der Waals surface area contributed by atoms with Gasteiger partial charge in [-0.15, -0.1) is 0 Å². The van der Waals surface area contributed by atoms with Gasteiger partial charge in [0.25, 0.3) is 0 Å². The van der Waals surface area contributed by atoms with Gasteiger partial charge in [-0.25, -0.2) is 9.37 Å². The molecule has 5 N–H and O–H groups in total. The van der Waals surface area contributed by atoms with Crippen LogP contribution in [0.4, 0.5) is 15.8 Å². The molecule has 8 nitrogen and oxygen atoms in total. The molecule has 1 spiro atoms. The third kappa shape index (κ3) is 5.22. The van der Waals surface area contributed by atoms with E-state index in [1.165, 1.54) is 25.4 Å². The highest BCUT2D eigenvalue weighted by Gasteiger charge is 2.61. The zero-order valence-corrected chi connectivity index (χ0v) is 24.7. The summed E-state index contributed by atoms with van der Waals surface area (Å²) in [5.41, 5.74) is 7.22. The highest BCUT2D eigenvalue weighted by molar-refractivity contribution is 6.31. The molecule has 0 saturated carbocycles. The van der Waals surface area contributed by atoms with E-state index in [9.17, 15) is 9.59 Å². The molecule has 2 aromatic carbocycles. The molecule has 2 aliphatic rings. The lowest BCUT2D eigenvalue weighted by Crippen LogP contribution is -2.46. The first-order valence-electron chi connectivity index (χ1n) is 13.2. The molecule has 11 heteroatoms. The lowest BCUT2D eigenvalue weighted by molar-refractivity contribution is -0.118. The van der Waals surface area contributed by atoms with Crippen molar-refractivity contribution in [2.75, 3.05) is 24.3 Å². The van der Waals surface area contributed by atoms with E-state index < -0.39 is 35.0 Å². The number of nitrogens with zero attached hydrogens (tertiary/aromatic N) is 1. The quantitative estimate of drug-likeness (QED) is 0.278. The maximum atomic E-state index is 15.8. The third-order valence-corrected chi connectivity index (χ3v) is 8.50. The topological polar surface area (TPSA) is 118 Å². The molecule has 1 fully saturated rings. The van der Waals surface area contributed by atoms with Crippen LogP contribution in [0.3, 0.4) is 0 Å². The molecule has 5 rings (SSSR count). The Labute approximate surface area is 248 Å². The number of amides is 2. The van der Waals surface area contributed by atoms with Crippen LogP contribution in [0, 0.1) is 11.2 Å². The van der Waals surface area contributed by atoms with Crippen molar-refractivity contribution in [1.29, 1.82) is 0 Å². The van der Waals surface area contributed by atoms with Crippen molar-refractivity contribution in [2.45, 2.75) is 50.6 Å². The number of hydrogen-bond donors (Lipinski definition) is 4. The predicted octanol–water partition coefficient (Wildman–Crippen LogP) is 5.50. The number of nitrogens with one attached hydrogen (secondary N) is 3. The van der Waals surface area contributed by atoms with E-state index in [-0.39, 0.29) is 33.5 Å². The molecule has 216 valence electrons. The normalized spacial score (nSPS) is 23.2. The molecule has 2 amide bonds. The van der Waals surface area contributed by atoms with Crippen molar-refractivity contribution in [3.63, 3.8) is 0 Å². The molecule has 1 aromatic heterocycles. The van der Waals surface area contributed by atoms with Crippen LogP contribution in [0.1, 0.15) is 54.6 Å². The molecule has 3 aromatic rings. The van der Waals surface area contributed by atoms with Crippen LogP contribution in [-0.4, -0.2) is 42.5 Å². The summed E-state index contributed by atoms with van der Waals surface area (Å²) in [5.74, 6) is -2.10. The van der Waals surface area contributed by atoms with Crippen molar-refractivity contribution in [3.05, 3.63) is 81.3 Å². The maximum absolute atomic E-state index is 15.8. The molecule has 41 heavy (non-hydrogen) atoms. The number of carbonyl (C=O) groups is 2. The first kappa shape index (κ1) is 29.1. The molecular weight excluding hydrogens is 568 g/mol. The Morgan fingerprint density at radius 2 is 1.95 bits per heavy atom. The Morgan fingerprint density at radius 3 is 2.63 bits per heavy atom. The number of carbonyl (C=O) groups excluding carboxylic acids is 2. The summed E-state index contributed by atoms with van der Waals surface area (Å²) in [5, 5.41) is 10.3. The molecule has 0 bridgehead atoms. The van der Waals surface area contributed by atoms with Crippen LogP contribution in [0.5, 0.6) is 5.75 Å². The Hall–Kier alpha value is -3.40. The molecule has 0 aliphatic carbocycles. The van der Waals surface area contributed by atoms with E-state index >= 15 is 4.39 Å². The maximum Gasteiger partial charge on any atom is 0.248 e. The van der Waals surface area contributed by atoms with Gasteiger partial charge < -0.3 is 26.4 Å². The predicted molar refractivity (Wildman–Crippen MR) is 158 cm³/mol. The fourth-order valence-electron chi connectivity index (χ4n) is 6.34. The lowest BCUT2D eigenvalue weighted by Gasteiger charge is -2.39. The lowest BCUT2D eigenvalue weighted by atomic mass is 9.63. The first-order valence-corrected chi connectivity index (χ1v) is 14.0. The number of primary amides is 1. The van der Waals surface area contributed by atoms with E-state index in [1.807, 2.05) is 18.2 Å². The standard InChI is InChI=1S/C30H32Cl2FN5O3/c1-29(2,3)13-22-30(14-36-20-12-16(31)6-7-18(20)30)23(17-9-10-35-26(32)24(17)33)25(38-22)28(40)37-19-8-5-15(27(34)39)11-21(19)41-4/h5-12,22-23,25,36,38H,13-14H2,1-4H3,(H2,34,39)(H,37,40)/t22-,23-,25+,30-/m0/s1. The van der Waals surface area contributed by atoms with Gasteiger partial charge in [-0.3, -0.25) is 9.59 Å². The molecule has 4 atom stereocenters. The summed E-state index contributed by atoms with van der Waals surface area (Å²) >= 11 is 12.5.